The molecule has 4 nitrogen and oxygen atoms in total. The number of rotatable bonds is 5. The average molecular weight is 228 g/mol. The first-order valence-electron chi connectivity index (χ1n) is 6.29. The molecule has 1 saturated heterocycles. The van der Waals surface area contributed by atoms with Gasteiger partial charge in [0.05, 0.1) is 0 Å². The lowest BCUT2D eigenvalue weighted by molar-refractivity contribution is -0.145. The molecule has 1 heterocycles. The van der Waals surface area contributed by atoms with E-state index in [-0.39, 0.29) is 18.1 Å². The fourth-order valence-corrected chi connectivity index (χ4v) is 1.88. The summed E-state index contributed by atoms with van der Waals surface area (Å²) in [6.45, 7) is 9.29. The second-order valence-corrected chi connectivity index (χ2v) is 4.45. The van der Waals surface area contributed by atoms with Crippen LogP contribution >= 0.6 is 0 Å². The quantitative estimate of drug-likeness (QED) is 0.714. The Balaban J connectivity index is 2.36. The van der Waals surface area contributed by atoms with Crippen LogP contribution in [0.15, 0.2) is 0 Å². The van der Waals surface area contributed by atoms with Crippen LogP contribution in [0.3, 0.4) is 0 Å². The van der Waals surface area contributed by atoms with E-state index in [0.717, 1.165) is 32.5 Å². The first-order chi connectivity index (χ1) is 7.66. The Bertz CT molecular complexity index is 221. The van der Waals surface area contributed by atoms with E-state index in [2.05, 4.69) is 19.2 Å². The van der Waals surface area contributed by atoms with Crippen LogP contribution in [0.1, 0.15) is 33.6 Å². The molecule has 2 unspecified atom stereocenters. The fourth-order valence-electron chi connectivity index (χ4n) is 1.88. The number of ether oxygens (including phenoxy) is 1. The smallest absolute Gasteiger partial charge is 0.251 e. The zero-order chi connectivity index (χ0) is 12.0. The van der Waals surface area contributed by atoms with Crippen molar-refractivity contribution in [2.45, 2.75) is 45.8 Å². The zero-order valence-corrected chi connectivity index (χ0v) is 10.7. The lowest BCUT2D eigenvalue weighted by Crippen LogP contribution is -2.54. The van der Waals surface area contributed by atoms with E-state index in [9.17, 15) is 4.79 Å². The topological polar surface area (TPSA) is 41.6 Å². The van der Waals surface area contributed by atoms with Gasteiger partial charge in [0, 0.05) is 32.3 Å². The minimum atomic E-state index is -0.299. The molecule has 0 aromatic heterocycles. The van der Waals surface area contributed by atoms with Crippen molar-refractivity contribution in [2.24, 2.45) is 0 Å². The lowest BCUT2D eigenvalue weighted by atomic mass is 10.2. The molecule has 4 heteroatoms. The SMILES string of the molecule is CCCCOC(C)C(=O)N1CCNCC1C. The second-order valence-electron chi connectivity index (χ2n) is 4.45. The van der Waals surface area contributed by atoms with Crippen LogP contribution in [0.25, 0.3) is 0 Å². The Morgan fingerprint density at radius 2 is 2.38 bits per heavy atom. The van der Waals surface area contributed by atoms with Crippen LogP contribution < -0.4 is 5.32 Å². The summed E-state index contributed by atoms with van der Waals surface area (Å²) in [7, 11) is 0. The van der Waals surface area contributed by atoms with Gasteiger partial charge in [-0.15, -0.1) is 0 Å². The molecule has 1 rings (SSSR count). The summed E-state index contributed by atoms with van der Waals surface area (Å²) in [5.74, 6) is 0.130. The van der Waals surface area contributed by atoms with Crippen molar-refractivity contribution in [1.29, 1.82) is 0 Å². The van der Waals surface area contributed by atoms with Gasteiger partial charge < -0.3 is 15.0 Å². The summed E-state index contributed by atoms with van der Waals surface area (Å²) in [6, 6.07) is 0.276. The zero-order valence-electron chi connectivity index (χ0n) is 10.7. The van der Waals surface area contributed by atoms with Crippen LogP contribution in [0.2, 0.25) is 0 Å². The van der Waals surface area contributed by atoms with Crippen LogP contribution in [-0.2, 0) is 9.53 Å². The van der Waals surface area contributed by atoms with Crippen molar-refractivity contribution >= 4 is 5.91 Å². The molecule has 1 amide bonds. The molecule has 0 saturated carbocycles. The molecule has 94 valence electrons. The van der Waals surface area contributed by atoms with Crippen molar-refractivity contribution in [3.8, 4) is 0 Å². The van der Waals surface area contributed by atoms with Gasteiger partial charge in [-0.25, -0.2) is 0 Å². The van der Waals surface area contributed by atoms with Crippen molar-refractivity contribution < 1.29 is 9.53 Å². The Kier molecular flexibility index (Phi) is 5.77. The normalized spacial score (nSPS) is 23.2. The summed E-state index contributed by atoms with van der Waals surface area (Å²) in [5.41, 5.74) is 0. The number of hydrogen-bond acceptors (Lipinski definition) is 3. The molecule has 1 fully saturated rings. The van der Waals surface area contributed by atoms with E-state index < -0.39 is 0 Å². The number of nitrogens with zero attached hydrogens (tertiary/aromatic N) is 1. The minimum Gasteiger partial charge on any atom is -0.369 e. The van der Waals surface area contributed by atoms with Gasteiger partial charge in [-0.2, -0.15) is 0 Å². The van der Waals surface area contributed by atoms with Crippen molar-refractivity contribution in [3.05, 3.63) is 0 Å². The predicted octanol–water partition coefficient (Wildman–Crippen LogP) is 1.01. The largest absolute Gasteiger partial charge is 0.369 e. The first kappa shape index (κ1) is 13.5. The molecule has 1 N–H and O–H groups in total. The Morgan fingerprint density at radius 3 is 3.00 bits per heavy atom. The standard InChI is InChI=1S/C12H24N2O2/c1-4-5-8-16-11(3)12(15)14-7-6-13-9-10(14)2/h10-11,13H,4-9H2,1-3H3. The molecule has 2 atom stereocenters. The van der Waals surface area contributed by atoms with Gasteiger partial charge in [0.25, 0.3) is 5.91 Å². The number of unbranched alkanes of at least 4 members (excludes halogenated alkanes) is 1. The molecular weight excluding hydrogens is 204 g/mol. The number of carbonyl (C=O) groups is 1. The van der Waals surface area contributed by atoms with E-state index >= 15 is 0 Å². The number of piperazine rings is 1. The van der Waals surface area contributed by atoms with Gasteiger partial charge in [-0.1, -0.05) is 13.3 Å². The number of nitrogens with one attached hydrogen (secondary N) is 1. The molecule has 0 aromatic carbocycles. The molecular formula is C12H24N2O2. The number of amides is 1. The van der Waals surface area contributed by atoms with Crippen LogP contribution in [0.5, 0.6) is 0 Å². The second kappa shape index (κ2) is 6.86. The molecule has 0 spiro atoms. The third kappa shape index (κ3) is 3.76. The maximum Gasteiger partial charge on any atom is 0.251 e. The van der Waals surface area contributed by atoms with Gasteiger partial charge in [-0.3, -0.25) is 4.79 Å². The van der Waals surface area contributed by atoms with E-state index in [4.69, 9.17) is 4.74 Å². The van der Waals surface area contributed by atoms with E-state index in [1.165, 1.54) is 0 Å². The Hall–Kier alpha value is -0.610. The van der Waals surface area contributed by atoms with Gasteiger partial charge in [0.1, 0.15) is 6.10 Å². The van der Waals surface area contributed by atoms with Crippen molar-refractivity contribution in [3.63, 3.8) is 0 Å². The third-order valence-corrected chi connectivity index (χ3v) is 3.00. The van der Waals surface area contributed by atoms with Crippen LogP contribution in [0, 0.1) is 0 Å². The van der Waals surface area contributed by atoms with E-state index in [1.807, 2.05) is 11.8 Å². The van der Waals surface area contributed by atoms with Crippen LogP contribution in [0.4, 0.5) is 0 Å². The third-order valence-electron chi connectivity index (χ3n) is 3.00. The molecule has 0 aromatic rings. The van der Waals surface area contributed by atoms with E-state index in [0.29, 0.717) is 6.61 Å². The lowest BCUT2D eigenvalue weighted by Gasteiger charge is -2.35. The maximum atomic E-state index is 12.1. The summed E-state index contributed by atoms with van der Waals surface area (Å²) in [6.07, 6.45) is 1.83. The molecule has 0 bridgehead atoms. The average Bonchev–Trinajstić information content (AvgIpc) is 2.29. The summed E-state index contributed by atoms with van der Waals surface area (Å²) in [4.78, 5) is 14.0. The first-order valence-corrected chi connectivity index (χ1v) is 6.29. The van der Waals surface area contributed by atoms with E-state index in [1.54, 1.807) is 0 Å². The molecule has 1 aliphatic heterocycles. The highest BCUT2D eigenvalue weighted by atomic mass is 16.5. The summed E-state index contributed by atoms with van der Waals surface area (Å²) in [5, 5.41) is 3.28. The van der Waals surface area contributed by atoms with Gasteiger partial charge in [-0.05, 0) is 20.3 Å². The van der Waals surface area contributed by atoms with Crippen molar-refractivity contribution in [2.75, 3.05) is 26.2 Å². The highest BCUT2D eigenvalue weighted by molar-refractivity contribution is 5.81. The van der Waals surface area contributed by atoms with Gasteiger partial charge >= 0.3 is 0 Å². The molecule has 1 aliphatic rings. The summed E-state index contributed by atoms with van der Waals surface area (Å²) >= 11 is 0. The fraction of sp³-hybridized carbons (Fsp3) is 0.917. The van der Waals surface area contributed by atoms with Gasteiger partial charge in [0.2, 0.25) is 0 Å². The highest BCUT2D eigenvalue weighted by Gasteiger charge is 2.26. The highest BCUT2D eigenvalue weighted by Crippen LogP contribution is 2.07. The van der Waals surface area contributed by atoms with Gasteiger partial charge in [0.15, 0.2) is 0 Å². The monoisotopic (exact) mass is 228 g/mol. The molecule has 16 heavy (non-hydrogen) atoms. The Morgan fingerprint density at radius 1 is 1.62 bits per heavy atom. The number of hydrogen-bond donors (Lipinski definition) is 1. The van der Waals surface area contributed by atoms with Crippen molar-refractivity contribution in [1.82, 2.24) is 10.2 Å². The van der Waals surface area contributed by atoms with Crippen LogP contribution in [-0.4, -0.2) is 49.2 Å². The number of carbonyl (C=O) groups excluding carboxylic acids is 1. The molecule has 0 aliphatic carbocycles. The minimum absolute atomic E-state index is 0.130. The molecule has 0 radical (unpaired) electrons. The predicted molar refractivity (Wildman–Crippen MR) is 64.4 cm³/mol. The summed E-state index contributed by atoms with van der Waals surface area (Å²) < 4.78 is 5.53. The Labute approximate surface area is 98.3 Å². The maximum absolute atomic E-state index is 12.1.